The van der Waals surface area contributed by atoms with Crippen LogP contribution in [0.4, 0.5) is 0 Å². The first-order valence-electron chi connectivity index (χ1n) is 10.2. The van der Waals surface area contributed by atoms with E-state index in [1.165, 1.54) is 31.8 Å². The van der Waals surface area contributed by atoms with Crippen LogP contribution >= 0.6 is 7.92 Å². The lowest BCUT2D eigenvalue weighted by Crippen LogP contribution is -3.11. The van der Waals surface area contributed by atoms with E-state index in [0.717, 1.165) is 15.9 Å². The van der Waals surface area contributed by atoms with Gasteiger partial charge >= 0.3 is 0 Å². The molecular formula is C24H30NO3PS. The number of rotatable bonds is 7. The molecule has 0 bridgehead atoms. The van der Waals surface area contributed by atoms with Gasteiger partial charge < -0.3 is 9.45 Å². The van der Waals surface area contributed by atoms with Crippen molar-refractivity contribution in [2.24, 2.45) is 0 Å². The van der Waals surface area contributed by atoms with Gasteiger partial charge in [0.15, 0.2) is 0 Å². The molecule has 0 atom stereocenters. The molecule has 0 aromatic heterocycles. The zero-order valence-corrected chi connectivity index (χ0v) is 19.5. The molecule has 0 aliphatic carbocycles. The lowest BCUT2D eigenvalue weighted by molar-refractivity contribution is -0.894. The van der Waals surface area contributed by atoms with Crippen LogP contribution in [-0.2, 0) is 10.1 Å². The summed E-state index contributed by atoms with van der Waals surface area (Å²) in [6, 6.07) is 26.2. The molecule has 0 spiro atoms. The van der Waals surface area contributed by atoms with Gasteiger partial charge in [0.1, 0.15) is 10.1 Å². The fourth-order valence-electron chi connectivity index (χ4n) is 3.13. The molecule has 1 N–H and O–H groups in total. The average Bonchev–Trinajstić information content (AvgIpc) is 2.77. The van der Waals surface area contributed by atoms with E-state index in [0.29, 0.717) is 0 Å². The summed E-state index contributed by atoms with van der Waals surface area (Å²) in [6.07, 6.45) is 0. The summed E-state index contributed by atoms with van der Waals surface area (Å²) in [6.45, 7) is 10.5. The summed E-state index contributed by atoms with van der Waals surface area (Å²) in [5.74, 6) is 0. The predicted octanol–water partition coefficient (Wildman–Crippen LogP) is 2.28. The summed E-state index contributed by atoms with van der Waals surface area (Å²) in [4.78, 5) is 1.49. The Labute approximate surface area is 182 Å². The minimum Gasteiger partial charge on any atom is -0.744 e. The first-order chi connectivity index (χ1) is 14.4. The standard InChI is InChI=1S/C18H15O3PS.C6H15N/c19-23(20,21)18-13-7-12-17(14-18)22(15-8-3-1-4-9-15)16-10-5-2-6-11-16;1-4-7(5-2)6-3/h1-14H,(H,19,20,21);4-6H2,1-3H3. The van der Waals surface area contributed by atoms with Gasteiger partial charge in [-0.25, -0.2) is 8.42 Å². The van der Waals surface area contributed by atoms with Crippen molar-refractivity contribution in [3.63, 3.8) is 0 Å². The van der Waals surface area contributed by atoms with Crippen molar-refractivity contribution in [3.8, 4) is 0 Å². The van der Waals surface area contributed by atoms with Crippen molar-refractivity contribution in [1.29, 1.82) is 0 Å². The third-order valence-corrected chi connectivity index (χ3v) is 8.15. The zero-order chi connectivity index (χ0) is 22.0. The first-order valence-corrected chi connectivity index (χ1v) is 12.9. The van der Waals surface area contributed by atoms with Gasteiger partial charge in [0, 0.05) is 0 Å². The Bertz CT molecular complexity index is 946. The van der Waals surface area contributed by atoms with E-state index >= 15 is 0 Å². The molecule has 30 heavy (non-hydrogen) atoms. The second-order valence-electron chi connectivity index (χ2n) is 6.77. The summed E-state index contributed by atoms with van der Waals surface area (Å²) in [7, 11) is -5.38. The molecule has 0 amide bonds. The minimum absolute atomic E-state index is 0.186. The summed E-state index contributed by atoms with van der Waals surface area (Å²) in [5, 5.41) is 3.05. The summed E-state index contributed by atoms with van der Waals surface area (Å²) >= 11 is 0. The number of benzene rings is 3. The maximum absolute atomic E-state index is 11.3. The van der Waals surface area contributed by atoms with Crippen molar-refractivity contribution in [1.82, 2.24) is 0 Å². The number of nitrogens with one attached hydrogen (secondary N) is 1. The second kappa shape index (κ2) is 12.0. The monoisotopic (exact) mass is 443 g/mol. The Kier molecular flexibility index (Phi) is 9.67. The molecule has 0 saturated heterocycles. The molecule has 0 fully saturated rings. The van der Waals surface area contributed by atoms with Gasteiger partial charge in [-0.2, -0.15) is 0 Å². The maximum Gasteiger partial charge on any atom is 0.124 e. The Morgan fingerprint density at radius 2 is 1.13 bits per heavy atom. The third-order valence-electron chi connectivity index (χ3n) is 4.89. The largest absolute Gasteiger partial charge is 0.744 e. The highest BCUT2D eigenvalue weighted by molar-refractivity contribution is 7.86. The molecule has 160 valence electrons. The molecule has 6 heteroatoms. The Morgan fingerprint density at radius 3 is 1.50 bits per heavy atom. The van der Waals surface area contributed by atoms with Crippen molar-refractivity contribution < 1.29 is 17.9 Å². The van der Waals surface area contributed by atoms with Crippen LogP contribution < -0.4 is 20.8 Å². The minimum atomic E-state index is -4.46. The van der Waals surface area contributed by atoms with Gasteiger partial charge in [-0.15, -0.1) is 0 Å². The molecule has 3 aromatic carbocycles. The van der Waals surface area contributed by atoms with E-state index in [2.05, 4.69) is 20.8 Å². The summed E-state index contributed by atoms with van der Waals surface area (Å²) < 4.78 is 34.0. The molecule has 0 unspecified atom stereocenters. The summed E-state index contributed by atoms with van der Waals surface area (Å²) in [5.41, 5.74) is 0. The van der Waals surface area contributed by atoms with Crippen LogP contribution in [0.5, 0.6) is 0 Å². The number of hydrogen-bond donors (Lipinski definition) is 1. The molecule has 0 aliphatic rings. The molecule has 0 heterocycles. The topological polar surface area (TPSA) is 61.6 Å². The fourth-order valence-corrected chi connectivity index (χ4v) is 6.07. The van der Waals surface area contributed by atoms with Crippen LogP contribution in [0.3, 0.4) is 0 Å². The van der Waals surface area contributed by atoms with E-state index in [1.54, 1.807) is 11.0 Å². The SMILES string of the molecule is CC[NH+](CC)CC.O=S(=O)([O-])c1cccc(P(c2ccccc2)c2ccccc2)c1. The van der Waals surface area contributed by atoms with Crippen molar-refractivity contribution >= 4 is 34.0 Å². The van der Waals surface area contributed by atoms with Gasteiger partial charge in [-0.05, 0) is 56.7 Å². The molecule has 0 radical (unpaired) electrons. The smallest absolute Gasteiger partial charge is 0.124 e. The predicted molar refractivity (Wildman–Crippen MR) is 126 cm³/mol. The lowest BCUT2D eigenvalue weighted by atomic mass is 10.3. The van der Waals surface area contributed by atoms with Crippen LogP contribution in [0, 0.1) is 0 Å². The van der Waals surface area contributed by atoms with Crippen LogP contribution in [0.1, 0.15) is 20.8 Å². The second-order valence-corrected chi connectivity index (χ2v) is 10.4. The quantitative estimate of drug-likeness (QED) is 0.450. The van der Waals surface area contributed by atoms with Gasteiger partial charge in [-0.3, -0.25) is 0 Å². The third kappa shape index (κ3) is 7.03. The van der Waals surface area contributed by atoms with Gasteiger partial charge in [0.2, 0.25) is 0 Å². The van der Waals surface area contributed by atoms with Gasteiger partial charge in [0.05, 0.1) is 24.5 Å². The van der Waals surface area contributed by atoms with Crippen molar-refractivity contribution in [3.05, 3.63) is 84.9 Å². The molecule has 3 rings (SSSR count). The Balaban J connectivity index is 0.000000396. The Hall–Kier alpha value is -2.04. The van der Waals surface area contributed by atoms with Crippen LogP contribution in [0.2, 0.25) is 0 Å². The van der Waals surface area contributed by atoms with Crippen LogP contribution in [0.25, 0.3) is 0 Å². The molecule has 3 aromatic rings. The zero-order valence-electron chi connectivity index (χ0n) is 17.8. The van der Waals surface area contributed by atoms with E-state index in [-0.39, 0.29) is 4.90 Å². The van der Waals surface area contributed by atoms with E-state index in [9.17, 15) is 13.0 Å². The molecule has 4 nitrogen and oxygen atoms in total. The maximum atomic E-state index is 11.3. The van der Waals surface area contributed by atoms with E-state index in [4.69, 9.17) is 0 Å². The van der Waals surface area contributed by atoms with Gasteiger partial charge in [-0.1, -0.05) is 72.8 Å². The highest BCUT2D eigenvalue weighted by Crippen LogP contribution is 2.33. The lowest BCUT2D eigenvalue weighted by Gasteiger charge is -2.20. The normalized spacial score (nSPS) is 11.3. The number of hydrogen-bond acceptors (Lipinski definition) is 3. The highest BCUT2D eigenvalue weighted by Gasteiger charge is 2.17. The highest BCUT2D eigenvalue weighted by atomic mass is 32.2. The molecule has 0 saturated carbocycles. The van der Waals surface area contributed by atoms with Crippen LogP contribution in [-0.4, -0.2) is 32.6 Å². The van der Waals surface area contributed by atoms with E-state index < -0.39 is 18.0 Å². The number of quaternary nitrogens is 1. The van der Waals surface area contributed by atoms with Crippen LogP contribution in [0.15, 0.2) is 89.8 Å². The van der Waals surface area contributed by atoms with E-state index in [1.807, 2.05) is 66.7 Å². The van der Waals surface area contributed by atoms with Crippen molar-refractivity contribution in [2.45, 2.75) is 25.7 Å². The average molecular weight is 444 g/mol. The fraction of sp³-hybridized carbons (Fsp3) is 0.250. The molecular weight excluding hydrogens is 413 g/mol. The van der Waals surface area contributed by atoms with Crippen molar-refractivity contribution in [2.75, 3.05) is 19.6 Å². The first kappa shape index (κ1) is 24.2. The van der Waals surface area contributed by atoms with Gasteiger partial charge in [0.25, 0.3) is 0 Å². The molecule has 0 aliphatic heterocycles. The Morgan fingerprint density at radius 1 is 0.700 bits per heavy atom.